The average molecular weight is 453 g/mol. The van der Waals surface area contributed by atoms with Gasteiger partial charge in [0.05, 0.1) is 0 Å². The third kappa shape index (κ3) is 2.80. The van der Waals surface area contributed by atoms with Gasteiger partial charge in [0, 0.05) is 17.4 Å². The van der Waals surface area contributed by atoms with Crippen LogP contribution in [0, 0.1) is 50.7 Å². The molecule has 0 saturated heterocycles. The van der Waals surface area contributed by atoms with E-state index in [0.29, 0.717) is 50.8 Å². The Hall–Kier alpha value is -1.38. The second-order valence-electron chi connectivity index (χ2n) is 13.7. The first-order valence-electron chi connectivity index (χ1n) is 13.5. The summed E-state index contributed by atoms with van der Waals surface area (Å²) in [6, 6.07) is 0. The molecule has 1 N–H and O–H groups in total. The number of carboxylic acids is 1. The lowest BCUT2D eigenvalue weighted by molar-refractivity contribution is -0.156. The summed E-state index contributed by atoms with van der Waals surface area (Å²) < 4.78 is 0. The number of hydrogen-bond donors (Lipinski definition) is 1. The third-order valence-corrected chi connectivity index (χ3v) is 12.7. The van der Waals surface area contributed by atoms with Crippen LogP contribution in [-0.2, 0) is 9.59 Å². The second-order valence-corrected chi connectivity index (χ2v) is 13.7. The molecular formula is C30H44O3. The molecule has 0 aromatic rings. The zero-order valence-corrected chi connectivity index (χ0v) is 21.7. The van der Waals surface area contributed by atoms with Crippen molar-refractivity contribution in [3.63, 3.8) is 0 Å². The summed E-state index contributed by atoms with van der Waals surface area (Å²) in [5, 5.41) is 9.13. The molecule has 0 heterocycles. The smallest absolute Gasteiger partial charge is 0.331 e. The summed E-state index contributed by atoms with van der Waals surface area (Å²) in [6.45, 7) is 13.7. The fourth-order valence-corrected chi connectivity index (χ4v) is 10.6. The molecule has 5 aliphatic rings. The molecule has 8 atom stereocenters. The Morgan fingerprint density at radius 2 is 1.64 bits per heavy atom. The summed E-state index contributed by atoms with van der Waals surface area (Å²) in [5.74, 6) is 2.19. The highest BCUT2D eigenvalue weighted by atomic mass is 16.4. The van der Waals surface area contributed by atoms with E-state index >= 15 is 0 Å². The Kier molecular flexibility index (Phi) is 5.01. The number of carboxylic acid groups (broad SMARTS) is 1. The Morgan fingerprint density at radius 1 is 0.970 bits per heavy atom. The van der Waals surface area contributed by atoms with E-state index in [1.54, 1.807) is 13.0 Å². The van der Waals surface area contributed by atoms with Crippen LogP contribution in [0.15, 0.2) is 23.8 Å². The lowest BCUT2D eigenvalue weighted by Gasteiger charge is -2.62. The molecule has 5 aliphatic carbocycles. The second kappa shape index (κ2) is 7.08. The number of fused-ring (bicyclic) bond motifs is 2. The number of allylic oxidation sites excluding steroid dienone is 3. The quantitative estimate of drug-likeness (QED) is 0.362. The maximum absolute atomic E-state index is 12.8. The van der Waals surface area contributed by atoms with Crippen molar-refractivity contribution in [1.29, 1.82) is 0 Å². The number of ketones is 1. The van der Waals surface area contributed by atoms with Crippen LogP contribution in [0.25, 0.3) is 0 Å². The summed E-state index contributed by atoms with van der Waals surface area (Å²) >= 11 is 0. The Morgan fingerprint density at radius 3 is 2.33 bits per heavy atom. The van der Waals surface area contributed by atoms with Crippen molar-refractivity contribution < 1.29 is 14.7 Å². The minimum Gasteiger partial charge on any atom is -0.478 e. The monoisotopic (exact) mass is 452 g/mol. The topological polar surface area (TPSA) is 54.4 Å². The predicted octanol–water partition coefficient (Wildman–Crippen LogP) is 7.22. The highest BCUT2D eigenvalue weighted by molar-refractivity contribution is 5.86. The fourth-order valence-electron chi connectivity index (χ4n) is 10.6. The predicted molar refractivity (Wildman–Crippen MR) is 132 cm³/mol. The van der Waals surface area contributed by atoms with E-state index in [0.717, 1.165) is 18.8 Å². The van der Waals surface area contributed by atoms with E-state index in [1.807, 2.05) is 6.08 Å². The molecule has 5 fully saturated rings. The van der Waals surface area contributed by atoms with Gasteiger partial charge in [-0.2, -0.15) is 0 Å². The number of hydrogen-bond acceptors (Lipinski definition) is 2. The van der Waals surface area contributed by atoms with Gasteiger partial charge in [-0.25, -0.2) is 4.79 Å². The lowest BCUT2D eigenvalue weighted by Crippen LogP contribution is -2.57. The standard InChI is InChI=1S/C30H44O3/c1-19(8-7-9-20(2)25(32)33)21-12-14-28(6)23-11-10-22-26(3,4)24(31)13-15-29(22)18-30(23,29)17-16-27(21,28)5/h7-9,19,21-23H,10-18H2,1-6H3,(H,32,33)/b8-7-,20-9+/t19-,21-,22+,23+,27-,28+,29-,30+/m1/s1. The van der Waals surface area contributed by atoms with Crippen LogP contribution < -0.4 is 0 Å². The molecule has 0 amide bonds. The maximum atomic E-state index is 12.8. The molecule has 0 radical (unpaired) electrons. The van der Waals surface area contributed by atoms with Gasteiger partial charge in [0.25, 0.3) is 0 Å². The van der Waals surface area contributed by atoms with Gasteiger partial charge >= 0.3 is 5.97 Å². The minimum absolute atomic E-state index is 0.131. The zero-order valence-electron chi connectivity index (χ0n) is 21.7. The van der Waals surface area contributed by atoms with Gasteiger partial charge in [-0.3, -0.25) is 4.79 Å². The molecule has 5 saturated carbocycles. The molecule has 0 aromatic carbocycles. The first-order chi connectivity index (χ1) is 15.4. The molecule has 5 rings (SSSR count). The Balaban J connectivity index is 1.41. The van der Waals surface area contributed by atoms with E-state index in [1.165, 1.54) is 44.9 Å². The van der Waals surface area contributed by atoms with Crippen LogP contribution in [0.5, 0.6) is 0 Å². The summed E-state index contributed by atoms with van der Waals surface area (Å²) in [5.41, 5.74) is 1.93. The number of carbonyl (C=O) groups is 2. The van der Waals surface area contributed by atoms with Crippen molar-refractivity contribution in [2.75, 3.05) is 0 Å². The summed E-state index contributed by atoms with van der Waals surface area (Å²) in [6.07, 6.45) is 17.2. The van der Waals surface area contributed by atoms with Crippen molar-refractivity contribution in [2.24, 2.45) is 50.7 Å². The number of rotatable bonds is 4. The Bertz CT molecular complexity index is 942. The van der Waals surface area contributed by atoms with Crippen LogP contribution >= 0.6 is 0 Å². The van der Waals surface area contributed by atoms with Crippen molar-refractivity contribution in [2.45, 2.75) is 99.3 Å². The first-order valence-corrected chi connectivity index (χ1v) is 13.5. The highest BCUT2D eigenvalue weighted by Crippen LogP contribution is 2.88. The number of carbonyl (C=O) groups excluding carboxylic acids is 1. The van der Waals surface area contributed by atoms with Gasteiger partial charge in [0.1, 0.15) is 5.78 Å². The molecule has 182 valence electrons. The van der Waals surface area contributed by atoms with E-state index in [9.17, 15) is 9.59 Å². The molecule has 3 heteroatoms. The van der Waals surface area contributed by atoms with Gasteiger partial charge in [-0.1, -0.05) is 52.8 Å². The largest absolute Gasteiger partial charge is 0.478 e. The van der Waals surface area contributed by atoms with E-state index < -0.39 is 5.97 Å². The molecule has 0 bridgehead atoms. The van der Waals surface area contributed by atoms with Crippen molar-refractivity contribution in [1.82, 2.24) is 0 Å². The molecule has 0 aromatic heterocycles. The van der Waals surface area contributed by atoms with Gasteiger partial charge in [0.2, 0.25) is 0 Å². The van der Waals surface area contributed by atoms with Gasteiger partial charge in [0.15, 0.2) is 0 Å². The summed E-state index contributed by atoms with van der Waals surface area (Å²) in [7, 11) is 0. The van der Waals surface area contributed by atoms with Crippen LogP contribution in [-0.4, -0.2) is 16.9 Å². The van der Waals surface area contributed by atoms with Crippen molar-refractivity contribution in [3.8, 4) is 0 Å². The average Bonchev–Trinajstić information content (AvgIpc) is 3.33. The third-order valence-electron chi connectivity index (χ3n) is 12.7. The molecule has 2 spiro atoms. The Labute approximate surface area is 200 Å². The molecule has 0 unspecified atom stereocenters. The number of Topliss-reactive ketones (excluding diaryl/α,β-unsaturated/α-hetero) is 1. The van der Waals surface area contributed by atoms with E-state index in [2.05, 4.69) is 40.7 Å². The SMILES string of the molecule is C/C(=C\C=C/[C@@H](C)[C@H]1CC[C@@]2(C)[C@@H]3CC[C@H]4C(C)(C)C(=O)CC[C@@]45C[C@@]35CC[C@]12C)C(=O)O. The first kappa shape index (κ1) is 23.4. The van der Waals surface area contributed by atoms with Crippen molar-refractivity contribution in [3.05, 3.63) is 23.8 Å². The minimum atomic E-state index is -0.841. The summed E-state index contributed by atoms with van der Waals surface area (Å²) in [4.78, 5) is 23.9. The van der Waals surface area contributed by atoms with Crippen LogP contribution in [0.1, 0.15) is 99.3 Å². The van der Waals surface area contributed by atoms with Crippen molar-refractivity contribution >= 4 is 11.8 Å². The van der Waals surface area contributed by atoms with E-state index in [4.69, 9.17) is 5.11 Å². The van der Waals surface area contributed by atoms with Crippen LogP contribution in [0.2, 0.25) is 0 Å². The normalized spacial score (nSPS) is 49.1. The maximum Gasteiger partial charge on any atom is 0.331 e. The molecule has 33 heavy (non-hydrogen) atoms. The van der Waals surface area contributed by atoms with Gasteiger partial charge in [-0.15, -0.1) is 0 Å². The molecule has 0 aliphatic heterocycles. The zero-order chi connectivity index (χ0) is 24.0. The lowest BCUT2D eigenvalue weighted by atomic mass is 9.42. The van der Waals surface area contributed by atoms with Gasteiger partial charge < -0.3 is 5.11 Å². The molecular weight excluding hydrogens is 408 g/mol. The van der Waals surface area contributed by atoms with Gasteiger partial charge in [-0.05, 0) is 104 Å². The van der Waals surface area contributed by atoms with Crippen LogP contribution in [0.4, 0.5) is 0 Å². The van der Waals surface area contributed by atoms with Crippen LogP contribution in [0.3, 0.4) is 0 Å². The highest BCUT2D eigenvalue weighted by Gasteiger charge is 2.82. The number of aliphatic carboxylic acids is 1. The molecule has 3 nitrogen and oxygen atoms in total. The fraction of sp³-hybridized carbons (Fsp3) is 0.800. The van der Waals surface area contributed by atoms with E-state index in [-0.39, 0.29) is 5.41 Å².